The number of sulfone groups is 1. The van der Waals surface area contributed by atoms with Crippen LogP contribution in [0.5, 0.6) is 11.5 Å². The highest BCUT2D eigenvalue weighted by Gasteiger charge is 2.43. The number of fused-ring (bicyclic) bond motifs is 1. The van der Waals surface area contributed by atoms with E-state index in [0.717, 1.165) is 28.0 Å². The third kappa shape index (κ3) is 4.73. The number of nitrogens with one attached hydrogen (secondary N) is 1. The SMILES string of the molecule is COc1cc(/C=C2/C(=N)N3C(=NC2=O)SN=C3S(=O)(=O)C(C)C)ccc1OCc1ccccc1C. The number of aryl methyl sites for hydroxylation is 1. The number of amides is 1. The Morgan fingerprint density at radius 2 is 1.91 bits per heavy atom. The van der Waals surface area contributed by atoms with E-state index in [1.165, 1.54) is 27.0 Å². The zero-order valence-corrected chi connectivity index (χ0v) is 21.2. The number of carbonyl (C=O) groups is 1. The van der Waals surface area contributed by atoms with Gasteiger partial charge in [0, 0.05) is 0 Å². The molecule has 2 aromatic rings. The van der Waals surface area contributed by atoms with Gasteiger partial charge in [-0.2, -0.15) is 9.39 Å². The molecule has 1 N–H and O–H groups in total. The average molecular weight is 513 g/mol. The molecule has 0 aliphatic carbocycles. The van der Waals surface area contributed by atoms with Crippen LogP contribution in [0.3, 0.4) is 0 Å². The first-order chi connectivity index (χ1) is 16.6. The fourth-order valence-electron chi connectivity index (χ4n) is 3.38. The van der Waals surface area contributed by atoms with Gasteiger partial charge >= 0.3 is 0 Å². The Morgan fingerprint density at radius 1 is 1.17 bits per heavy atom. The second-order valence-corrected chi connectivity index (χ2v) is 11.3. The van der Waals surface area contributed by atoms with Gasteiger partial charge in [-0.3, -0.25) is 10.2 Å². The monoisotopic (exact) mass is 512 g/mol. The highest BCUT2D eigenvalue weighted by Crippen LogP contribution is 2.33. The molecule has 0 spiro atoms. The van der Waals surface area contributed by atoms with Gasteiger partial charge in [0.1, 0.15) is 12.4 Å². The number of aliphatic imine (C=N–C) groups is 1. The van der Waals surface area contributed by atoms with Crippen LogP contribution in [0.25, 0.3) is 6.08 Å². The van der Waals surface area contributed by atoms with Crippen LogP contribution in [0.1, 0.15) is 30.5 Å². The summed E-state index contributed by atoms with van der Waals surface area (Å²) in [6.07, 6.45) is 1.47. The second-order valence-electron chi connectivity index (χ2n) is 8.13. The van der Waals surface area contributed by atoms with E-state index in [-0.39, 0.29) is 21.7 Å². The van der Waals surface area contributed by atoms with Crippen LogP contribution < -0.4 is 9.47 Å². The molecule has 11 heteroatoms. The van der Waals surface area contributed by atoms with Crippen molar-refractivity contribution >= 4 is 49.9 Å². The summed E-state index contributed by atoms with van der Waals surface area (Å²) in [5, 5.41) is 7.58. The molecule has 0 aromatic heterocycles. The second kappa shape index (κ2) is 9.67. The summed E-state index contributed by atoms with van der Waals surface area (Å²) in [4.78, 5) is 17.7. The number of ether oxygens (including phenoxy) is 2. The van der Waals surface area contributed by atoms with Crippen molar-refractivity contribution in [1.29, 1.82) is 5.41 Å². The molecule has 2 aliphatic rings. The molecule has 0 saturated heterocycles. The average Bonchev–Trinajstić information content (AvgIpc) is 3.26. The van der Waals surface area contributed by atoms with E-state index in [0.29, 0.717) is 23.7 Å². The lowest BCUT2D eigenvalue weighted by Crippen LogP contribution is -2.46. The zero-order valence-electron chi connectivity index (χ0n) is 19.6. The lowest BCUT2D eigenvalue weighted by Gasteiger charge is -2.25. The van der Waals surface area contributed by atoms with Crippen LogP contribution >= 0.6 is 11.9 Å². The van der Waals surface area contributed by atoms with Crippen molar-refractivity contribution in [3.8, 4) is 11.5 Å². The van der Waals surface area contributed by atoms with Crippen molar-refractivity contribution in [2.45, 2.75) is 32.6 Å². The molecular weight excluding hydrogens is 488 g/mol. The van der Waals surface area contributed by atoms with Crippen LogP contribution in [-0.4, -0.2) is 47.8 Å². The standard InChI is InChI=1S/C24H24N4O5S2/c1-14(2)35(30,31)24-27-34-23-26-22(29)18(21(25)28(23)24)11-16-9-10-19(20(12-16)32-4)33-13-17-8-6-5-7-15(17)3/h5-12,14,25H,13H2,1-4H3/b18-11-,25-21?. The minimum atomic E-state index is -3.78. The summed E-state index contributed by atoms with van der Waals surface area (Å²) in [5.74, 6) is 0.0303. The minimum Gasteiger partial charge on any atom is -0.493 e. The summed E-state index contributed by atoms with van der Waals surface area (Å²) < 4.78 is 40.8. The Kier molecular flexibility index (Phi) is 6.82. The van der Waals surface area contributed by atoms with Crippen LogP contribution in [0.15, 0.2) is 57.4 Å². The molecular formula is C24H24N4O5S2. The number of hydrogen-bond donors (Lipinski definition) is 1. The normalized spacial score (nSPS) is 16.9. The number of rotatable bonds is 6. The molecule has 1 amide bonds. The smallest absolute Gasteiger partial charge is 0.283 e. The van der Waals surface area contributed by atoms with Crippen molar-refractivity contribution in [2.75, 3.05) is 7.11 Å². The van der Waals surface area contributed by atoms with Gasteiger partial charge in [-0.1, -0.05) is 30.3 Å². The topological polar surface area (TPSA) is 121 Å². The predicted molar refractivity (Wildman–Crippen MR) is 138 cm³/mol. The molecule has 0 fully saturated rings. The molecule has 2 heterocycles. The summed E-state index contributed by atoms with van der Waals surface area (Å²) in [5.41, 5.74) is 2.67. The van der Waals surface area contributed by atoms with Gasteiger partial charge in [0.05, 0.1) is 29.9 Å². The van der Waals surface area contributed by atoms with Crippen molar-refractivity contribution in [1.82, 2.24) is 4.90 Å². The van der Waals surface area contributed by atoms with Gasteiger partial charge in [-0.15, -0.1) is 0 Å². The maximum Gasteiger partial charge on any atom is 0.283 e. The Labute approximate surface area is 208 Å². The Balaban J connectivity index is 1.62. The predicted octanol–water partition coefficient (Wildman–Crippen LogP) is 3.98. The van der Waals surface area contributed by atoms with E-state index in [1.807, 2.05) is 31.2 Å². The molecule has 0 radical (unpaired) electrons. The fourth-order valence-corrected chi connectivity index (χ4v) is 5.44. The van der Waals surface area contributed by atoms with Crippen molar-refractivity contribution in [3.63, 3.8) is 0 Å². The lowest BCUT2D eigenvalue weighted by atomic mass is 10.1. The number of amidine groups is 3. The number of hydrogen-bond acceptors (Lipinski definition) is 8. The molecule has 4 rings (SSSR count). The van der Waals surface area contributed by atoms with E-state index >= 15 is 0 Å². The highest BCUT2D eigenvalue weighted by atomic mass is 32.2. The Morgan fingerprint density at radius 3 is 2.60 bits per heavy atom. The van der Waals surface area contributed by atoms with Crippen LogP contribution in [0.2, 0.25) is 0 Å². The first-order valence-electron chi connectivity index (χ1n) is 10.7. The maximum absolute atomic E-state index is 12.7. The van der Waals surface area contributed by atoms with E-state index < -0.39 is 21.0 Å². The van der Waals surface area contributed by atoms with E-state index in [2.05, 4.69) is 9.39 Å². The molecule has 0 bridgehead atoms. The van der Waals surface area contributed by atoms with E-state index in [1.54, 1.807) is 18.2 Å². The third-order valence-electron chi connectivity index (χ3n) is 5.51. The molecule has 9 nitrogen and oxygen atoms in total. The molecule has 35 heavy (non-hydrogen) atoms. The fraction of sp³-hybridized carbons (Fsp3) is 0.250. The number of methoxy groups -OCH3 is 1. The van der Waals surface area contributed by atoms with Gasteiger partial charge in [0.15, 0.2) is 11.5 Å². The van der Waals surface area contributed by atoms with Crippen molar-refractivity contribution < 1.29 is 22.7 Å². The summed E-state index contributed by atoms with van der Waals surface area (Å²) in [6.45, 7) is 5.43. The van der Waals surface area contributed by atoms with Gasteiger partial charge in [-0.05, 0) is 55.7 Å². The molecule has 0 saturated carbocycles. The number of nitrogens with zero attached hydrogens (tertiary/aromatic N) is 3. The molecule has 0 unspecified atom stereocenters. The Hall–Kier alpha value is -3.44. The number of benzene rings is 2. The molecule has 2 aliphatic heterocycles. The first-order valence-corrected chi connectivity index (χ1v) is 13.0. The van der Waals surface area contributed by atoms with Crippen molar-refractivity contribution in [3.05, 3.63) is 64.7 Å². The van der Waals surface area contributed by atoms with Crippen LogP contribution in [0.4, 0.5) is 0 Å². The van der Waals surface area contributed by atoms with E-state index in [4.69, 9.17) is 14.9 Å². The maximum atomic E-state index is 12.7. The van der Waals surface area contributed by atoms with Crippen molar-refractivity contribution in [2.24, 2.45) is 9.39 Å². The molecule has 0 atom stereocenters. The van der Waals surface area contributed by atoms with Gasteiger partial charge in [0.2, 0.25) is 20.2 Å². The first kappa shape index (κ1) is 24.7. The van der Waals surface area contributed by atoms with Gasteiger partial charge in [0.25, 0.3) is 5.91 Å². The zero-order chi connectivity index (χ0) is 25.3. The largest absolute Gasteiger partial charge is 0.493 e. The van der Waals surface area contributed by atoms with Crippen LogP contribution in [0, 0.1) is 12.3 Å². The minimum absolute atomic E-state index is 0.0499. The van der Waals surface area contributed by atoms with E-state index in [9.17, 15) is 13.2 Å². The summed E-state index contributed by atoms with van der Waals surface area (Å²) in [7, 11) is -2.27. The van der Waals surface area contributed by atoms with Gasteiger partial charge < -0.3 is 9.47 Å². The quantitative estimate of drug-likeness (QED) is 0.459. The molecule has 182 valence electrons. The number of carbonyl (C=O) groups excluding carboxylic acids is 1. The van der Waals surface area contributed by atoms with Crippen LogP contribution in [-0.2, 0) is 21.2 Å². The Bertz CT molecular complexity index is 1410. The third-order valence-corrected chi connectivity index (χ3v) is 8.35. The summed E-state index contributed by atoms with van der Waals surface area (Å²) >= 11 is 0.766. The highest BCUT2D eigenvalue weighted by molar-refractivity contribution is 8.16. The van der Waals surface area contributed by atoms with Gasteiger partial charge in [-0.25, -0.2) is 13.3 Å². The lowest BCUT2D eigenvalue weighted by molar-refractivity contribution is -0.114. The molecule has 2 aromatic carbocycles. The summed E-state index contributed by atoms with van der Waals surface area (Å²) in [6, 6.07) is 13.0.